The number of nitrogens with zero attached hydrogens (tertiary/aromatic N) is 1. The monoisotopic (exact) mass is 228 g/mol. The van der Waals surface area contributed by atoms with Gasteiger partial charge in [0.1, 0.15) is 0 Å². The van der Waals surface area contributed by atoms with Crippen LogP contribution in [0.15, 0.2) is 36.5 Å². The molecule has 1 aliphatic rings. The molecule has 0 spiro atoms. The number of hydrogen-bond donors (Lipinski definition) is 2. The van der Waals surface area contributed by atoms with Crippen LogP contribution in [0.4, 0.5) is 5.69 Å². The number of benzene rings is 1. The Hall–Kier alpha value is -1.61. The Labute approximate surface area is 100 Å². The average molecular weight is 228 g/mol. The van der Waals surface area contributed by atoms with Crippen LogP contribution in [0.1, 0.15) is 19.3 Å². The molecule has 1 fully saturated rings. The maximum atomic E-state index is 10.1. The lowest BCUT2D eigenvalue weighted by molar-refractivity contribution is -0.0201. The molecule has 0 saturated heterocycles. The smallest absolute Gasteiger partial charge is 0.0819 e. The van der Waals surface area contributed by atoms with Crippen LogP contribution in [0.25, 0.3) is 10.9 Å². The summed E-state index contributed by atoms with van der Waals surface area (Å²) in [5, 5.41) is 14.5. The number of rotatable bonds is 3. The molecule has 1 aliphatic carbocycles. The van der Waals surface area contributed by atoms with Gasteiger partial charge in [-0.2, -0.15) is 0 Å². The zero-order valence-corrected chi connectivity index (χ0v) is 9.69. The number of fused-ring (bicyclic) bond motifs is 1. The molecular weight excluding hydrogens is 212 g/mol. The van der Waals surface area contributed by atoms with E-state index in [1.54, 1.807) is 6.20 Å². The van der Waals surface area contributed by atoms with E-state index in [2.05, 4.69) is 16.4 Å². The highest BCUT2D eigenvalue weighted by molar-refractivity contribution is 5.90. The minimum absolute atomic E-state index is 0.496. The van der Waals surface area contributed by atoms with Crippen LogP contribution >= 0.6 is 0 Å². The van der Waals surface area contributed by atoms with Crippen molar-refractivity contribution < 1.29 is 5.11 Å². The molecule has 3 nitrogen and oxygen atoms in total. The van der Waals surface area contributed by atoms with Gasteiger partial charge in [-0.05, 0) is 31.4 Å². The third-order valence-corrected chi connectivity index (χ3v) is 3.54. The summed E-state index contributed by atoms with van der Waals surface area (Å²) in [6.07, 6.45) is 4.75. The van der Waals surface area contributed by atoms with Crippen LogP contribution in [0.3, 0.4) is 0 Å². The van der Waals surface area contributed by atoms with Crippen LogP contribution in [-0.2, 0) is 0 Å². The predicted molar refractivity (Wildman–Crippen MR) is 69.0 cm³/mol. The lowest BCUT2D eigenvalue weighted by Crippen LogP contribution is -2.43. The number of hydrogen-bond acceptors (Lipinski definition) is 3. The van der Waals surface area contributed by atoms with E-state index in [-0.39, 0.29) is 0 Å². The molecule has 0 aliphatic heterocycles. The summed E-state index contributed by atoms with van der Waals surface area (Å²) < 4.78 is 0. The van der Waals surface area contributed by atoms with Gasteiger partial charge in [0.2, 0.25) is 0 Å². The van der Waals surface area contributed by atoms with E-state index in [4.69, 9.17) is 0 Å². The predicted octanol–water partition coefficient (Wildman–Crippen LogP) is 2.56. The van der Waals surface area contributed by atoms with Gasteiger partial charge < -0.3 is 10.4 Å². The number of para-hydroxylation sites is 1. The van der Waals surface area contributed by atoms with Gasteiger partial charge in [-0.15, -0.1) is 0 Å². The normalized spacial score (nSPS) is 17.7. The van der Waals surface area contributed by atoms with Crippen LogP contribution in [0.2, 0.25) is 0 Å². The molecule has 88 valence electrons. The fourth-order valence-electron chi connectivity index (χ4n) is 2.27. The van der Waals surface area contributed by atoms with E-state index in [0.717, 1.165) is 35.9 Å². The van der Waals surface area contributed by atoms with Gasteiger partial charge in [0.25, 0.3) is 0 Å². The van der Waals surface area contributed by atoms with Crippen LogP contribution in [0.5, 0.6) is 0 Å². The minimum atomic E-state index is -0.496. The third-order valence-electron chi connectivity index (χ3n) is 3.54. The Morgan fingerprint density at radius 3 is 2.82 bits per heavy atom. The summed E-state index contributed by atoms with van der Waals surface area (Å²) in [5.74, 6) is 0. The number of anilines is 1. The van der Waals surface area contributed by atoms with Crippen molar-refractivity contribution in [1.82, 2.24) is 4.98 Å². The highest BCUT2D eigenvalue weighted by Gasteiger charge is 2.33. The summed E-state index contributed by atoms with van der Waals surface area (Å²) >= 11 is 0. The van der Waals surface area contributed by atoms with Gasteiger partial charge in [0, 0.05) is 23.8 Å². The SMILES string of the molecule is OC1(CNc2ccnc3ccccc23)CCC1. The maximum Gasteiger partial charge on any atom is 0.0819 e. The maximum absolute atomic E-state index is 10.1. The molecule has 1 aromatic carbocycles. The van der Waals surface area contributed by atoms with Gasteiger partial charge >= 0.3 is 0 Å². The lowest BCUT2D eigenvalue weighted by Gasteiger charge is -2.37. The molecule has 1 aromatic heterocycles. The van der Waals surface area contributed by atoms with Gasteiger partial charge in [-0.1, -0.05) is 18.2 Å². The highest BCUT2D eigenvalue weighted by Crippen LogP contribution is 2.32. The van der Waals surface area contributed by atoms with Crippen molar-refractivity contribution >= 4 is 16.6 Å². The van der Waals surface area contributed by atoms with Gasteiger partial charge in [-0.3, -0.25) is 4.98 Å². The van der Waals surface area contributed by atoms with Crippen molar-refractivity contribution in [3.8, 4) is 0 Å². The van der Waals surface area contributed by atoms with Gasteiger partial charge in [0.15, 0.2) is 0 Å². The van der Waals surface area contributed by atoms with E-state index in [1.165, 1.54) is 0 Å². The van der Waals surface area contributed by atoms with E-state index in [0.29, 0.717) is 6.54 Å². The molecule has 0 amide bonds. The van der Waals surface area contributed by atoms with Crippen LogP contribution in [0, 0.1) is 0 Å². The summed E-state index contributed by atoms with van der Waals surface area (Å²) in [4.78, 5) is 4.32. The van der Waals surface area contributed by atoms with Crippen molar-refractivity contribution in [1.29, 1.82) is 0 Å². The average Bonchev–Trinajstić information content (AvgIpc) is 2.34. The number of aliphatic hydroxyl groups is 1. The largest absolute Gasteiger partial charge is 0.388 e. The van der Waals surface area contributed by atoms with Crippen molar-refractivity contribution in [2.45, 2.75) is 24.9 Å². The number of aromatic nitrogens is 1. The number of nitrogens with one attached hydrogen (secondary N) is 1. The highest BCUT2D eigenvalue weighted by atomic mass is 16.3. The Morgan fingerprint density at radius 1 is 1.24 bits per heavy atom. The third kappa shape index (κ3) is 1.98. The zero-order chi connectivity index (χ0) is 11.7. The summed E-state index contributed by atoms with van der Waals surface area (Å²) in [6, 6.07) is 10.0. The second kappa shape index (κ2) is 4.00. The molecular formula is C14H16N2O. The van der Waals surface area contributed by atoms with Gasteiger partial charge in [0.05, 0.1) is 11.1 Å². The van der Waals surface area contributed by atoms with E-state index in [9.17, 15) is 5.11 Å². The molecule has 0 radical (unpaired) electrons. The van der Waals surface area contributed by atoms with E-state index < -0.39 is 5.60 Å². The molecule has 0 bridgehead atoms. The topological polar surface area (TPSA) is 45.1 Å². The molecule has 0 atom stereocenters. The molecule has 1 heterocycles. The number of pyridine rings is 1. The molecule has 2 aromatic rings. The van der Waals surface area contributed by atoms with Crippen molar-refractivity contribution in [2.75, 3.05) is 11.9 Å². The Balaban J connectivity index is 1.85. The summed E-state index contributed by atoms with van der Waals surface area (Å²) in [6.45, 7) is 0.626. The summed E-state index contributed by atoms with van der Waals surface area (Å²) in [5.41, 5.74) is 1.54. The summed E-state index contributed by atoms with van der Waals surface area (Å²) in [7, 11) is 0. The Morgan fingerprint density at radius 2 is 2.06 bits per heavy atom. The fourth-order valence-corrected chi connectivity index (χ4v) is 2.27. The van der Waals surface area contributed by atoms with Crippen molar-refractivity contribution in [3.63, 3.8) is 0 Å². The first-order chi connectivity index (χ1) is 8.27. The molecule has 0 unspecified atom stereocenters. The Kier molecular flexibility index (Phi) is 2.48. The van der Waals surface area contributed by atoms with Crippen LogP contribution < -0.4 is 5.32 Å². The molecule has 2 N–H and O–H groups in total. The standard InChI is InChI=1S/C14H16N2O/c17-14(7-3-8-14)10-16-13-6-9-15-12-5-2-1-4-11(12)13/h1-2,4-6,9,17H,3,7-8,10H2,(H,15,16). The second-order valence-electron chi connectivity index (χ2n) is 4.81. The molecule has 3 heteroatoms. The van der Waals surface area contributed by atoms with Gasteiger partial charge in [-0.25, -0.2) is 0 Å². The first-order valence-corrected chi connectivity index (χ1v) is 6.07. The lowest BCUT2D eigenvalue weighted by atomic mass is 9.80. The molecule has 1 saturated carbocycles. The first-order valence-electron chi connectivity index (χ1n) is 6.07. The molecule has 17 heavy (non-hydrogen) atoms. The van der Waals surface area contributed by atoms with Crippen molar-refractivity contribution in [3.05, 3.63) is 36.5 Å². The second-order valence-corrected chi connectivity index (χ2v) is 4.81. The minimum Gasteiger partial charge on any atom is -0.388 e. The zero-order valence-electron chi connectivity index (χ0n) is 9.69. The van der Waals surface area contributed by atoms with E-state index in [1.807, 2.05) is 24.3 Å². The Bertz CT molecular complexity index is 529. The molecule has 3 rings (SSSR count). The first kappa shape index (κ1) is 10.5. The van der Waals surface area contributed by atoms with E-state index >= 15 is 0 Å². The fraction of sp³-hybridized carbons (Fsp3) is 0.357. The van der Waals surface area contributed by atoms with Crippen LogP contribution in [-0.4, -0.2) is 22.2 Å². The van der Waals surface area contributed by atoms with Crippen molar-refractivity contribution in [2.24, 2.45) is 0 Å². The quantitative estimate of drug-likeness (QED) is 0.848.